The fourth-order valence-corrected chi connectivity index (χ4v) is 3.52. The number of aromatic nitrogens is 1. The molecular weight excluding hydrogens is 352 g/mol. The second-order valence-electron chi connectivity index (χ2n) is 5.71. The van der Waals surface area contributed by atoms with Gasteiger partial charge in [-0.15, -0.1) is 11.3 Å². The van der Waals surface area contributed by atoms with Crippen LogP contribution in [-0.4, -0.2) is 17.6 Å². The number of ether oxygens (including phenoxy) is 1. The zero-order valence-corrected chi connectivity index (χ0v) is 14.4. The van der Waals surface area contributed by atoms with Crippen molar-refractivity contribution in [3.8, 4) is 0 Å². The Morgan fingerprint density at radius 1 is 1.19 bits per heavy atom. The predicted octanol–water partition coefficient (Wildman–Crippen LogP) is 3.26. The van der Waals surface area contributed by atoms with Crippen molar-refractivity contribution in [2.45, 2.75) is 6.04 Å². The molecule has 2 aromatic carbocycles. The van der Waals surface area contributed by atoms with Crippen LogP contribution in [-0.2, 0) is 4.74 Å². The molecule has 0 fully saturated rings. The summed E-state index contributed by atoms with van der Waals surface area (Å²) in [6.45, 7) is -0.0785. The van der Waals surface area contributed by atoms with Crippen molar-refractivity contribution in [2.24, 2.45) is 5.73 Å². The second-order valence-corrected chi connectivity index (χ2v) is 6.77. The molecule has 130 valence electrons. The fraction of sp³-hybridized carbons (Fsp3) is 0.105. The lowest BCUT2D eigenvalue weighted by atomic mass is 10.2. The van der Waals surface area contributed by atoms with E-state index in [1.807, 2.05) is 24.3 Å². The molecule has 0 aliphatic rings. The van der Waals surface area contributed by atoms with Gasteiger partial charge in [-0.1, -0.05) is 30.3 Å². The number of hydrogen-bond acceptors (Lipinski definition) is 7. The zero-order chi connectivity index (χ0) is 18.1. The average Bonchev–Trinajstić information content (AvgIpc) is 3.09. The summed E-state index contributed by atoms with van der Waals surface area (Å²) in [5.74, 6) is -0.763. The molecule has 0 spiro atoms. The molecule has 2 N–H and O–H groups in total. The zero-order valence-electron chi connectivity index (χ0n) is 13.5. The van der Waals surface area contributed by atoms with E-state index in [4.69, 9.17) is 14.9 Å². The van der Waals surface area contributed by atoms with E-state index in [2.05, 4.69) is 4.98 Å². The topological polar surface area (TPSA) is 95.4 Å². The van der Waals surface area contributed by atoms with E-state index in [0.717, 1.165) is 10.2 Å². The van der Waals surface area contributed by atoms with Crippen molar-refractivity contribution in [3.05, 3.63) is 75.6 Å². The molecule has 26 heavy (non-hydrogen) atoms. The molecule has 2 aromatic heterocycles. The third kappa shape index (κ3) is 3.10. The number of rotatable bonds is 4. The van der Waals surface area contributed by atoms with E-state index in [1.165, 1.54) is 17.4 Å². The van der Waals surface area contributed by atoms with Gasteiger partial charge in [-0.3, -0.25) is 0 Å². The van der Waals surface area contributed by atoms with Crippen molar-refractivity contribution in [3.63, 3.8) is 0 Å². The van der Waals surface area contributed by atoms with E-state index >= 15 is 0 Å². The lowest BCUT2D eigenvalue weighted by molar-refractivity contribution is 0.0476. The lowest BCUT2D eigenvalue weighted by Gasteiger charge is -2.09. The summed E-state index contributed by atoms with van der Waals surface area (Å²) in [5, 5.41) is 1.32. The summed E-state index contributed by atoms with van der Waals surface area (Å²) in [7, 11) is 0. The van der Waals surface area contributed by atoms with Gasteiger partial charge in [-0.25, -0.2) is 14.6 Å². The van der Waals surface area contributed by atoms with E-state index in [1.54, 1.807) is 24.3 Å². The summed E-state index contributed by atoms with van der Waals surface area (Å²) >= 11 is 1.45. The SMILES string of the molecule is NC(COC(=O)c1cc2ccccc2oc1=O)c1nc2ccccc2s1. The monoisotopic (exact) mass is 366 g/mol. The van der Waals surface area contributed by atoms with Crippen LogP contribution in [0, 0.1) is 0 Å². The lowest BCUT2D eigenvalue weighted by Crippen LogP contribution is -2.22. The first-order valence-electron chi connectivity index (χ1n) is 7.93. The van der Waals surface area contributed by atoms with Crippen LogP contribution >= 0.6 is 11.3 Å². The van der Waals surface area contributed by atoms with Crippen LogP contribution in [0.25, 0.3) is 21.2 Å². The van der Waals surface area contributed by atoms with Crippen LogP contribution in [0.5, 0.6) is 0 Å². The van der Waals surface area contributed by atoms with Crippen LogP contribution in [0.2, 0.25) is 0 Å². The number of benzene rings is 2. The van der Waals surface area contributed by atoms with Crippen molar-refractivity contribution in [1.82, 2.24) is 4.98 Å². The summed E-state index contributed by atoms with van der Waals surface area (Å²) < 4.78 is 11.4. The first-order valence-corrected chi connectivity index (χ1v) is 8.74. The first-order chi connectivity index (χ1) is 12.6. The Balaban J connectivity index is 1.51. The van der Waals surface area contributed by atoms with Crippen LogP contribution in [0.1, 0.15) is 21.4 Å². The number of thiazole rings is 1. The minimum absolute atomic E-state index is 0.0785. The quantitative estimate of drug-likeness (QED) is 0.440. The highest BCUT2D eigenvalue weighted by Crippen LogP contribution is 2.25. The summed E-state index contributed by atoms with van der Waals surface area (Å²) in [6, 6.07) is 15.5. The molecule has 6 nitrogen and oxygen atoms in total. The van der Waals surface area contributed by atoms with Gasteiger partial charge in [-0.05, 0) is 24.3 Å². The molecule has 1 unspecified atom stereocenters. The van der Waals surface area contributed by atoms with Gasteiger partial charge in [0.25, 0.3) is 0 Å². The maximum Gasteiger partial charge on any atom is 0.351 e. The average molecular weight is 366 g/mol. The van der Waals surface area contributed by atoms with Gasteiger partial charge in [0, 0.05) is 5.39 Å². The summed E-state index contributed by atoms with van der Waals surface area (Å²) in [6.07, 6.45) is 0. The summed E-state index contributed by atoms with van der Waals surface area (Å²) in [5.41, 5.74) is 6.46. The van der Waals surface area contributed by atoms with Crippen LogP contribution in [0.4, 0.5) is 0 Å². The highest BCUT2D eigenvalue weighted by Gasteiger charge is 2.18. The molecular formula is C19H14N2O4S. The molecule has 4 rings (SSSR count). The van der Waals surface area contributed by atoms with Gasteiger partial charge < -0.3 is 14.9 Å². The largest absolute Gasteiger partial charge is 0.460 e. The number of para-hydroxylation sites is 2. The maximum absolute atomic E-state index is 12.3. The molecule has 0 bridgehead atoms. The minimum atomic E-state index is -0.763. The van der Waals surface area contributed by atoms with Gasteiger partial charge in [0.15, 0.2) is 0 Å². The fourth-order valence-electron chi connectivity index (χ4n) is 2.57. The number of hydrogen-bond donors (Lipinski definition) is 1. The third-order valence-corrected chi connectivity index (χ3v) is 5.05. The van der Waals surface area contributed by atoms with E-state index in [-0.39, 0.29) is 12.2 Å². The van der Waals surface area contributed by atoms with Gasteiger partial charge in [0.2, 0.25) is 0 Å². The Morgan fingerprint density at radius 3 is 2.81 bits per heavy atom. The van der Waals surface area contributed by atoms with Crippen molar-refractivity contribution in [1.29, 1.82) is 0 Å². The molecule has 2 heterocycles. The van der Waals surface area contributed by atoms with Crippen molar-refractivity contribution < 1.29 is 13.9 Å². The molecule has 0 radical (unpaired) electrons. The Labute approximate surface area is 151 Å². The Kier molecular flexibility index (Phi) is 4.24. The van der Waals surface area contributed by atoms with Crippen LogP contribution < -0.4 is 11.4 Å². The number of nitrogens with zero attached hydrogens (tertiary/aromatic N) is 1. The van der Waals surface area contributed by atoms with E-state index in [9.17, 15) is 9.59 Å². The Hall–Kier alpha value is -3.03. The Morgan fingerprint density at radius 2 is 1.96 bits per heavy atom. The second kappa shape index (κ2) is 6.70. The van der Waals surface area contributed by atoms with Gasteiger partial charge >= 0.3 is 11.6 Å². The van der Waals surface area contributed by atoms with Gasteiger partial charge in [-0.2, -0.15) is 0 Å². The molecule has 4 aromatic rings. The van der Waals surface area contributed by atoms with E-state index < -0.39 is 17.6 Å². The highest BCUT2D eigenvalue weighted by atomic mass is 32.1. The molecule has 7 heteroatoms. The third-order valence-electron chi connectivity index (χ3n) is 3.88. The van der Waals surface area contributed by atoms with Crippen LogP contribution in [0.15, 0.2) is 63.8 Å². The molecule has 0 aliphatic carbocycles. The standard InChI is InChI=1S/C19H14N2O4S/c20-13(17-21-14-6-2-4-8-16(14)26-17)10-24-18(22)12-9-11-5-1-3-7-15(11)25-19(12)23/h1-9,13H,10,20H2. The Bertz CT molecular complexity index is 1130. The molecule has 0 aliphatic heterocycles. The number of nitrogens with two attached hydrogens (primary N) is 1. The normalized spacial score (nSPS) is 12.3. The van der Waals surface area contributed by atoms with Crippen molar-refractivity contribution in [2.75, 3.05) is 6.61 Å². The molecule has 0 saturated heterocycles. The minimum Gasteiger partial charge on any atom is -0.460 e. The maximum atomic E-state index is 12.3. The van der Waals surface area contributed by atoms with Crippen molar-refractivity contribution >= 4 is 38.5 Å². The highest BCUT2D eigenvalue weighted by molar-refractivity contribution is 7.18. The number of carbonyl (C=O) groups is 1. The van der Waals surface area contributed by atoms with Gasteiger partial charge in [0.1, 0.15) is 22.8 Å². The van der Waals surface area contributed by atoms with Gasteiger partial charge in [0.05, 0.1) is 16.3 Å². The van der Waals surface area contributed by atoms with E-state index in [0.29, 0.717) is 16.0 Å². The summed E-state index contributed by atoms with van der Waals surface area (Å²) in [4.78, 5) is 28.7. The predicted molar refractivity (Wildman–Crippen MR) is 99.3 cm³/mol. The smallest absolute Gasteiger partial charge is 0.351 e. The molecule has 1 atom stereocenters. The number of carbonyl (C=O) groups excluding carboxylic acids is 1. The van der Waals surface area contributed by atoms with Crippen LogP contribution in [0.3, 0.4) is 0 Å². The first kappa shape index (κ1) is 16.4. The molecule has 0 amide bonds. The number of esters is 1. The number of fused-ring (bicyclic) bond motifs is 2. The molecule has 0 saturated carbocycles.